The lowest BCUT2D eigenvalue weighted by Gasteiger charge is -2.30. The molecular weight excluding hydrogens is 352 g/mol. The van der Waals surface area contributed by atoms with Crippen LogP contribution >= 0.6 is 0 Å². The number of aryl methyl sites for hydroxylation is 1. The van der Waals surface area contributed by atoms with Gasteiger partial charge in [-0.2, -0.15) is 5.26 Å². The van der Waals surface area contributed by atoms with Gasteiger partial charge in [-0.3, -0.25) is 9.36 Å². The molecule has 3 heterocycles. The molecule has 0 atom stereocenters. The van der Waals surface area contributed by atoms with E-state index in [-0.39, 0.29) is 5.56 Å². The lowest BCUT2D eigenvalue weighted by molar-refractivity contribution is 0.550. The van der Waals surface area contributed by atoms with E-state index >= 15 is 0 Å². The first-order valence-corrected chi connectivity index (χ1v) is 9.56. The van der Waals surface area contributed by atoms with E-state index in [4.69, 9.17) is 9.40 Å². The summed E-state index contributed by atoms with van der Waals surface area (Å²) in [6.45, 7) is 3.95. The summed E-state index contributed by atoms with van der Waals surface area (Å²) in [5, 5.41) is 9.46. The quantitative estimate of drug-likeness (QED) is 0.696. The van der Waals surface area contributed by atoms with E-state index in [1.807, 2.05) is 25.1 Å². The van der Waals surface area contributed by atoms with Crippen LogP contribution in [0.15, 0.2) is 52.1 Å². The third kappa shape index (κ3) is 3.31. The number of anilines is 1. The molecular formula is C22H22N4O2. The lowest BCUT2D eigenvalue weighted by Crippen LogP contribution is -2.37. The molecule has 142 valence electrons. The normalized spacial score (nSPS) is 14.1. The first-order chi connectivity index (χ1) is 13.7. The van der Waals surface area contributed by atoms with Crippen LogP contribution in [0.3, 0.4) is 0 Å². The fourth-order valence-electron chi connectivity index (χ4n) is 3.80. The second-order valence-electron chi connectivity index (χ2n) is 7.09. The molecule has 0 bridgehead atoms. The van der Waals surface area contributed by atoms with Crippen LogP contribution < -0.4 is 10.5 Å². The van der Waals surface area contributed by atoms with Crippen molar-refractivity contribution >= 4 is 5.95 Å². The number of hydrogen-bond acceptors (Lipinski definition) is 5. The monoisotopic (exact) mass is 374 g/mol. The van der Waals surface area contributed by atoms with Gasteiger partial charge in [0.25, 0.3) is 5.56 Å². The van der Waals surface area contributed by atoms with Gasteiger partial charge in [0.1, 0.15) is 0 Å². The number of benzene rings is 1. The SMILES string of the molecule is Cc1nc(N2CCCCC2)n(Cc2ccccc2C#N)c(=O)c1-c1ccoc1. The molecule has 1 saturated heterocycles. The van der Waals surface area contributed by atoms with Crippen LogP contribution in [0.25, 0.3) is 11.1 Å². The number of aromatic nitrogens is 2. The van der Waals surface area contributed by atoms with Crippen LogP contribution in [-0.4, -0.2) is 22.6 Å². The minimum Gasteiger partial charge on any atom is -0.472 e. The maximum Gasteiger partial charge on any atom is 0.263 e. The van der Waals surface area contributed by atoms with E-state index in [0.717, 1.165) is 37.1 Å². The van der Waals surface area contributed by atoms with Gasteiger partial charge in [0.05, 0.1) is 42.0 Å². The second kappa shape index (κ2) is 7.73. The summed E-state index contributed by atoms with van der Waals surface area (Å²) in [5.74, 6) is 0.683. The Hall–Kier alpha value is -3.33. The number of rotatable bonds is 4. The molecule has 1 aliphatic rings. The van der Waals surface area contributed by atoms with Gasteiger partial charge in [-0.15, -0.1) is 0 Å². The van der Waals surface area contributed by atoms with Crippen molar-refractivity contribution < 1.29 is 4.42 Å². The highest BCUT2D eigenvalue weighted by atomic mass is 16.3. The van der Waals surface area contributed by atoms with Gasteiger partial charge in [0.2, 0.25) is 5.95 Å². The van der Waals surface area contributed by atoms with Gasteiger partial charge in [0, 0.05) is 18.7 Å². The minimum atomic E-state index is -0.109. The van der Waals surface area contributed by atoms with Crippen LogP contribution in [-0.2, 0) is 6.54 Å². The zero-order valence-electron chi connectivity index (χ0n) is 15.9. The molecule has 0 radical (unpaired) electrons. The lowest BCUT2D eigenvalue weighted by atomic mass is 10.1. The number of hydrogen-bond donors (Lipinski definition) is 0. The van der Waals surface area contributed by atoms with Crippen molar-refractivity contribution in [2.45, 2.75) is 32.7 Å². The van der Waals surface area contributed by atoms with Crippen molar-refractivity contribution in [3.05, 3.63) is 70.0 Å². The van der Waals surface area contributed by atoms with E-state index in [1.165, 1.54) is 6.42 Å². The zero-order chi connectivity index (χ0) is 19.5. The highest BCUT2D eigenvalue weighted by Crippen LogP contribution is 2.24. The van der Waals surface area contributed by atoms with E-state index in [9.17, 15) is 10.1 Å². The highest BCUT2D eigenvalue weighted by Gasteiger charge is 2.22. The van der Waals surface area contributed by atoms with Crippen molar-refractivity contribution in [2.75, 3.05) is 18.0 Å². The Morgan fingerprint density at radius 2 is 1.96 bits per heavy atom. The number of nitrogens with zero attached hydrogens (tertiary/aromatic N) is 4. The van der Waals surface area contributed by atoms with Crippen molar-refractivity contribution in [1.29, 1.82) is 5.26 Å². The minimum absolute atomic E-state index is 0.109. The molecule has 1 fully saturated rings. The fraction of sp³-hybridized carbons (Fsp3) is 0.318. The first-order valence-electron chi connectivity index (χ1n) is 9.56. The molecule has 4 rings (SSSR count). The summed E-state index contributed by atoms with van der Waals surface area (Å²) in [7, 11) is 0. The molecule has 1 aromatic carbocycles. The highest BCUT2D eigenvalue weighted by molar-refractivity contribution is 5.64. The third-order valence-electron chi connectivity index (χ3n) is 5.24. The van der Waals surface area contributed by atoms with Gasteiger partial charge in [-0.05, 0) is 43.9 Å². The van der Waals surface area contributed by atoms with Crippen LogP contribution in [0.4, 0.5) is 5.95 Å². The summed E-state index contributed by atoms with van der Waals surface area (Å²) in [5.41, 5.74) is 3.24. The van der Waals surface area contributed by atoms with Gasteiger partial charge in [-0.1, -0.05) is 18.2 Å². The van der Waals surface area contributed by atoms with Gasteiger partial charge >= 0.3 is 0 Å². The van der Waals surface area contributed by atoms with Crippen LogP contribution in [0.2, 0.25) is 0 Å². The summed E-state index contributed by atoms with van der Waals surface area (Å²) in [4.78, 5) is 20.5. The van der Waals surface area contributed by atoms with Crippen molar-refractivity contribution in [1.82, 2.24) is 9.55 Å². The van der Waals surface area contributed by atoms with Crippen molar-refractivity contribution in [3.8, 4) is 17.2 Å². The average molecular weight is 374 g/mol. The summed E-state index contributed by atoms with van der Waals surface area (Å²) >= 11 is 0. The molecule has 1 aliphatic heterocycles. The number of piperidine rings is 1. The average Bonchev–Trinajstić information content (AvgIpc) is 3.25. The summed E-state index contributed by atoms with van der Waals surface area (Å²) in [6.07, 6.45) is 6.51. The maximum absolute atomic E-state index is 13.5. The predicted molar refractivity (Wildman–Crippen MR) is 107 cm³/mol. The number of nitriles is 1. The smallest absolute Gasteiger partial charge is 0.263 e. The Morgan fingerprint density at radius 3 is 2.68 bits per heavy atom. The van der Waals surface area contributed by atoms with E-state index in [2.05, 4.69) is 11.0 Å². The van der Waals surface area contributed by atoms with Gasteiger partial charge in [-0.25, -0.2) is 4.98 Å². The standard InChI is InChI=1S/C22H22N4O2/c1-16-20(19-9-12-28-15-19)21(27)26(14-18-8-4-3-7-17(18)13-23)22(24-16)25-10-5-2-6-11-25/h3-4,7-9,12,15H,2,5-6,10-11,14H2,1H3. The third-order valence-corrected chi connectivity index (χ3v) is 5.24. The number of furan rings is 1. The second-order valence-corrected chi connectivity index (χ2v) is 7.09. The zero-order valence-corrected chi connectivity index (χ0v) is 15.9. The molecule has 0 saturated carbocycles. The molecule has 0 unspecified atom stereocenters. The summed E-state index contributed by atoms with van der Waals surface area (Å²) in [6, 6.07) is 11.4. The summed E-state index contributed by atoms with van der Waals surface area (Å²) < 4.78 is 6.90. The molecule has 6 heteroatoms. The predicted octanol–water partition coefficient (Wildman–Crippen LogP) is 3.72. The van der Waals surface area contributed by atoms with Crippen molar-refractivity contribution in [2.24, 2.45) is 0 Å². The Morgan fingerprint density at radius 1 is 1.18 bits per heavy atom. The molecule has 0 amide bonds. The molecule has 2 aromatic heterocycles. The molecule has 0 spiro atoms. The van der Waals surface area contributed by atoms with E-state index < -0.39 is 0 Å². The molecule has 6 nitrogen and oxygen atoms in total. The van der Waals surface area contributed by atoms with Gasteiger partial charge in [0.15, 0.2) is 0 Å². The molecule has 28 heavy (non-hydrogen) atoms. The maximum atomic E-state index is 13.5. The Labute approximate surface area is 163 Å². The van der Waals surface area contributed by atoms with Crippen LogP contribution in [0, 0.1) is 18.3 Å². The van der Waals surface area contributed by atoms with E-state index in [0.29, 0.717) is 29.3 Å². The topological polar surface area (TPSA) is 75.1 Å². The fourth-order valence-corrected chi connectivity index (χ4v) is 3.80. The molecule has 0 aliphatic carbocycles. The van der Waals surface area contributed by atoms with Crippen LogP contribution in [0.5, 0.6) is 0 Å². The molecule has 3 aromatic rings. The Kier molecular flexibility index (Phi) is 4.98. The molecule has 0 N–H and O–H groups in total. The Balaban J connectivity index is 1.89. The van der Waals surface area contributed by atoms with Crippen LogP contribution in [0.1, 0.15) is 36.1 Å². The van der Waals surface area contributed by atoms with Gasteiger partial charge < -0.3 is 9.32 Å². The largest absolute Gasteiger partial charge is 0.472 e. The van der Waals surface area contributed by atoms with E-state index in [1.54, 1.807) is 29.2 Å². The van der Waals surface area contributed by atoms with Crippen molar-refractivity contribution in [3.63, 3.8) is 0 Å². The Bertz CT molecular complexity index is 1070. The first kappa shape index (κ1) is 18.1.